The van der Waals surface area contributed by atoms with Gasteiger partial charge in [0, 0.05) is 21.9 Å². The Morgan fingerprint density at radius 1 is 1.03 bits per heavy atom. The first-order chi connectivity index (χ1) is 16.3. The lowest BCUT2D eigenvalue weighted by Gasteiger charge is -2.13. The second kappa shape index (κ2) is 9.82. The standard InChI is InChI=1S/C23H22BrN5O4S/c1-4-32-20-10-5-17(24)13-21(20)34(30,31)28-18-6-8-19(9-7-18)33-23-12-11-22(26-27-23)29-14-25-15(2)16(29)3/h5-14,28H,4H2,1-3H3. The summed E-state index contributed by atoms with van der Waals surface area (Å²) in [6.07, 6.45) is 1.69. The lowest BCUT2D eigenvalue weighted by atomic mass is 10.3. The van der Waals surface area contributed by atoms with Crippen LogP contribution in [0.4, 0.5) is 5.69 Å². The summed E-state index contributed by atoms with van der Waals surface area (Å²) in [7, 11) is -3.87. The van der Waals surface area contributed by atoms with E-state index in [1.54, 1.807) is 61.8 Å². The fraction of sp³-hybridized carbons (Fsp3) is 0.174. The van der Waals surface area contributed by atoms with Crippen molar-refractivity contribution in [1.82, 2.24) is 19.7 Å². The second-order valence-corrected chi connectivity index (χ2v) is 9.84. The zero-order valence-corrected chi connectivity index (χ0v) is 21.1. The van der Waals surface area contributed by atoms with Crippen LogP contribution in [-0.2, 0) is 10.0 Å². The minimum atomic E-state index is -3.87. The van der Waals surface area contributed by atoms with Crippen molar-refractivity contribution in [2.45, 2.75) is 25.7 Å². The van der Waals surface area contributed by atoms with Crippen LogP contribution in [0.3, 0.4) is 0 Å². The third kappa shape index (κ3) is 5.20. The zero-order valence-electron chi connectivity index (χ0n) is 18.7. The van der Waals surface area contributed by atoms with E-state index in [-0.39, 0.29) is 10.6 Å². The van der Waals surface area contributed by atoms with Crippen molar-refractivity contribution in [3.8, 4) is 23.2 Å². The lowest BCUT2D eigenvalue weighted by molar-refractivity contribution is 0.331. The SMILES string of the molecule is CCOc1ccc(Br)cc1S(=O)(=O)Nc1ccc(Oc2ccc(-n3cnc(C)c3C)nn2)cc1. The van der Waals surface area contributed by atoms with Gasteiger partial charge in [-0.15, -0.1) is 10.2 Å². The van der Waals surface area contributed by atoms with E-state index in [2.05, 4.69) is 35.8 Å². The molecule has 4 rings (SSSR count). The van der Waals surface area contributed by atoms with E-state index in [0.717, 1.165) is 11.4 Å². The number of hydrogen-bond donors (Lipinski definition) is 1. The van der Waals surface area contributed by atoms with Gasteiger partial charge in [0.15, 0.2) is 5.82 Å². The maximum absolute atomic E-state index is 12.9. The van der Waals surface area contributed by atoms with E-state index < -0.39 is 10.0 Å². The number of ether oxygens (including phenoxy) is 2. The molecule has 0 spiro atoms. The molecule has 0 aliphatic carbocycles. The van der Waals surface area contributed by atoms with Crippen molar-refractivity contribution in [3.63, 3.8) is 0 Å². The molecule has 0 atom stereocenters. The van der Waals surface area contributed by atoms with Crippen LogP contribution in [0.25, 0.3) is 5.82 Å². The molecule has 4 aromatic rings. The van der Waals surface area contributed by atoms with Crippen LogP contribution in [0, 0.1) is 13.8 Å². The van der Waals surface area contributed by atoms with E-state index in [1.165, 1.54) is 6.07 Å². The zero-order chi connectivity index (χ0) is 24.3. The van der Waals surface area contributed by atoms with E-state index in [0.29, 0.717) is 34.2 Å². The molecule has 0 aliphatic heterocycles. The molecule has 0 saturated heterocycles. The fourth-order valence-corrected chi connectivity index (χ4v) is 4.86. The summed E-state index contributed by atoms with van der Waals surface area (Å²) in [4.78, 5) is 4.30. The first-order valence-electron chi connectivity index (χ1n) is 10.3. The van der Waals surface area contributed by atoms with Crippen molar-refractivity contribution in [1.29, 1.82) is 0 Å². The molecule has 0 saturated carbocycles. The van der Waals surface area contributed by atoms with Crippen LogP contribution < -0.4 is 14.2 Å². The molecule has 0 fully saturated rings. The first-order valence-corrected chi connectivity index (χ1v) is 12.6. The Balaban J connectivity index is 1.46. The van der Waals surface area contributed by atoms with Gasteiger partial charge in [0.2, 0.25) is 5.88 Å². The predicted molar refractivity (Wildman–Crippen MR) is 131 cm³/mol. The van der Waals surface area contributed by atoms with Crippen molar-refractivity contribution >= 4 is 31.6 Å². The average molecular weight is 544 g/mol. The molecule has 0 amide bonds. The number of aryl methyl sites for hydroxylation is 1. The third-order valence-corrected chi connectivity index (χ3v) is 6.84. The molecule has 0 aliphatic rings. The number of hydrogen-bond acceptors (Lipinski definition) is 7. The van der Waals surface area contributed by atoms with Gasteiger partial charge >= 0.3 is 0 Å². The molecular formula is C23H22BrN5O4S. The van der Waals surface area contributed by atoms with Crippen LogP contribution in [0.15, 0.2) is 70.3 Å². The minimum Gasteiger partial charge on any atom is -0.492 e. The van der Waals surface area contributed by atoms with E-state index >= 15 is 0 Å². The van der Waals surface area contributed by atoms with Crippen LogP contribution in [0.1, 0.15) is 18.3 Å². The van der Waals surface area contributed by atoms with Crippen molar-refractivity contribution in [2.75, 3.05) is 11.3 Å². The quantitative estimate of drug-likeness (QED) is 0.331. The Labute approximate surface area is 206 Å². The number of sulfonamides is 1. The molecule has 2 heterocycles. The van der Waals surface area contributed by atoms with Gasteiger partial charge in [-0.25, -0.2) is 13.4 Å². The molecule has 11 heteroatoms. The summed E-state index contributed by atoms with van der Waals surface area (Å²) in [6, 6.07) is 14.8. The van der Waals surface area contributed by atoms with Gasteiger partial charge in [0.05, 0.1) is 12.3 Å². The van der Waals surface area contributed by atoms with E-state index in [1.807, 2.05) is 18.4 Å². The number of nitrogens with one attached hydrogen (secondary N) is 1. The summed E-state index contributed by atoms with van der Waals surface area (Å²) in [5.74, 6) is 1.70. The minimum absolute atomic E-state index is 0.0442. The number of rotatable bonds is 8. The molecule has 2 aromatic carbocycles. The second-order valence-electron chi connectivity index (χ2n) is 7.27. The highest BCUT2D eigenvalue weighted by atomic mass is 79.9. The van der Waals surface area contributed by atoms with Gasteiger partial charge in [0.25, 0.3) is 10.0 Å². The van der Waals surface area contributed by atoms with Crippen molar-refractivity contribution < 1.29 is 17.9 Å². The predicted octanol–water partition coefficient (Wildman–Crippen LogP) is 5.03. The third-order valence-electron chi connectivity index (χ3n) is 4.95. The number of imidazole rings is 1. The van der Waals surface area contributed by atoms with Gasteiger partial charge < -0.3 is 9.47 Å². The lowest BCUT2D eigenvalue weighted by Crippen LogP contribution is -2.14. The van der Waals surface area contributed by atoms with E-state index in [4.69, 9.17) is 9.47 Å². The Bertz CT molecular complexity index is 1400. The Morgan fingerprint density at radius 3 is 2.41 bits per heavy atom. The van der Waals surface area contributed by atoms with Crippen LogP contribution in [0.5, 0.6) is 17.4 Å². The topological polar surface area (TPSA) is 108 Å². The smallest absolute Gasteiger partial charge is 0.265 e. The van der Waals surface area contributed by atoms with Gasteiger partial charge in [-0.05, 0) is 69.3 Å². The Hall–Kier alpha value is -3.44. The highest BCUT2D eigenvalue weighted by Gasteiger charge is 2.20. The molecule has 0 radical (unpaired) electrons. The fourth-order valence-electron chi connectivity index (χ4n) is 3.11. The number of halogens is 1. The molecule has 0 unspecified atom stereocenters. The maximum atomic E-state index is 12.9. The average Bonchev–Trinajstić information content (AvgIpc) is 3.15. The van der Waals surface area contributed by atoms with Crippen molar-refractivity contribution in [2.24, 2.45) is 0 Å². The molecule has 9 nitrogen and oxygen atoms in total. The summed E-state index contributed by atoms with van der Waals surface area (Å²) in [6.45, 7) is 6.03. The highest BCUT2D eigenvalue weighted by Crippen LogP contribution is 2.30. The van der Waals surface area contributed by atoms with Crippen molar-refractivity contribution in [3.05, 3.63) is 76.8 Å². The van der Waals surface area contributed by atoms with Gasteiger partial charge in [-0.3, -0.25) is 9.29 Å². The Morgan fingerprint density at radius 2 is 1.79 bits per heavy atom. The molecule has 34 heavy (non-hydrogen) atoms. The summed E-state index contributed by atoms with van der Waals surface area (Å²) in [5, 5.41) is 8.30. The number of aromatic nitrogens is 4. The molecule has 2 aromatic heterocycles. The Kier molecular flexibility index (Phi) is 6.85. The monoisotopic (exact) mass is 543 g/mol. The summed E-state index contributed by atoms with van der Waals surface area (Å²) in [5.41, 5.74) is 2.28. The maximum Gasteiger partial charge on any atom is 0.265 e. The first kappa shape index (κ1) is 23.7. The molecule has 1 N–H and O–H groups in total. The number of nitrogens with zero attached hydrogens (tertiary/aromatic N) is 4. The number of benzene rings is 2. The summed E-state index contributed by atoms with van der Waals surface area (Å²) >= 11 is 3.31. The van der Waals surface area contributed by atoms with Gasteiger partial charge in [-0.1, -0.05) is 15.9 Å². The van der Waals surface area contributed by atoms with Crippen LogP contribution in [0.2, 0.25) is 0 Å². The number of anilines is 1. The van der Waals surface area contributed by atoms with Gasteiger partial charge in [0.1, 0.15) is 22.7 Å². The normalized spacial score (nSPS) is 11.3. The molecule has 176 valence electrons. The largest absolute Gasteiger partial charge is 0.492 e. The van der Waals surface area contributed by atoms with Gasteiger partial charge in [-0.2, -0.15) is 0 Å². The molecule has 0 bridgehead atoms. The summed E-state index contributed by atoms with van der Waals surface area (Å²) < 4.78 is 42.1. The van der Waals surface area contributed by atoms with E-state index in [9.17, 15) is 8.42 Å². The molecular weight excluding hydrogens is 522 g/mol. The highest BCUT2D eigenvalue weighted by molar-refractivity contribution is 9.10. The van der Waals surface area contributed by atoms with Crippen LogP contribution in [-0.4, -0.2) is 34.8 Å². The van der Waals surface area contributed by atoms with Crippen LogP contribution >= 0.6 is 15.9 Å².